The van der Waals surface area contributed by atoms with Gasteiger partial charge in [0.15, 0.2) is 0 Å². The van der Waals surface area contributed by atoms with Crippen LogP contribution in [0.25, 0.3) is 0 Å². The molecule has 0 aliphatic carbocycles. The largest absolute Gasteiger partial charge is 0.392 e. The first kappa shape index (κ1) is 14.9. The molecule has 0 aromatic rings. The van der Waals surface area contributed by atoms with Crippen LogP contribution in [0.1, 0.15) is 40.5 Å². The van der Waals surface area contributed by atoms with E-state index in [4.69, 9.17) is 0 Å². The summed E-state index contributed by atoms with van der Waals surface area (Å²) in [6.07, 6.45) is 2.24. The van der Waals surface area contributed by atoms with Gasteiger partial charge in [0.2, 0.25) is 0 Å². The van der Waals surface area contributed by atoms with Crippen LogP contribution in [0.5, 0.6) is 0 Å². The van der Waals surface area contributed by atoms with Gasteiger partial charge in [0.05, 0.1) is 6.10 Å². The van der Waals surface area contributed by atoms with Crippen molar-refractivity contribution in [2.45, 2.75) is 52.7 Å². The number of aliphatic hydroxyl groups is 1. The second kappa shape index (κ2) is 7.34. The van der Waals surface area contributed by atoms with E-state index in [1.165, 1.54) is 12.8 Å². The van der Waals surface area contributed by atoms with Crippen LogP contribution in [0.4, 0.5) is 0 Å². The molecule has 3 atom stereocenters. The molecule has 1 saturated heterocycles. The molecule has 1 rings (SSSR count). The highest BCUT2D eigenvalue weighted by Crippen LogP contribution is 2.18. The first-order valence-electron chi connectivity index (χ1n) is 7.18. The summed E-state index contributed by atoms with van der Waals surface area (Å²) in [5.41, 5.74) is 0. The lowest BCUT2D eigenvalue weighted by Gasteiger charge is -2.38. The van der Waals surface area contributed by atoms with Gasteiger partial charge in [0.1, 0.15) is 0 Å². The molecule has 1 fully saturated rings. The summed E-state index contributed by atoms with van der Waals surface area (Å²) in [6.45, 7) is 12.9. The molecule has 0 saturated carbocycles. The Balaban J connectivity index is 2.31. The van der Waals surface area contributed by atoms with Gasteiger partial charge in [-0.05, 0) is 37.8 Å². The topological polar surface area (TPSA) is 35.5 Å². The van der Waals surface area contributed by atoms with Crippen molar-refractivity contribution in [3.05, 3.63) is 0 Å². The summed E-state index contributed by atoms with van der Waals surface area (Å²) in [5, 5.41) is 13.5. The Bertz CT molecular complexity index is 208. The van der Waals surface area contributed by atoms with Gasteiger partial charge in [-0.1, -0.05) is 27.7 Å². The van der Waals surface area contributed by atoms with E-state index in [0.717, 1.165) is 26.2 Å². The van der Waals surface area contributed by atoms with Gasteiger partial charge in [-0.15, -0.1) is 0 Å². The molecule has 2 N–H and O–H groups in total. The molecule has 0 amide bonds. The molecule has 0 aromatic heterocycles. The molecule has 0 spiro atoms. The van der Waals surface area contributed by atoms with E-state index < -0.39 is 0 Å². The number of aliphatic hydroxyl groups excluding tert-OH is 1. The number of piperidine rings is 1. The third-order valence-electron chi connectivity index (χ3n) is 3.86. The van der Waals surface area contributed by atoms with Crippen molar-refractivity contribution in [3.8, 4) is 0 Å². The van der Waals surface area contributed by atoms with Crippen LogP contribution in [0.3, 0.4) is 0 Å². The summed E-state index contributed by atoms with van der Waals surface area (Å²) >= 11 is 0. The van der Waals surface area contributed by atoms with Gasteiger partial charge in [-0.3, -0.25) is 0 Å². The molecule has 3 unspecified atom stereocenters. The zero-order valence-electron chi connectivity index (χ0n) is 11.9. The summed E-state index contributed by atoms with van der Waals surface area (Å²) in [5.74, 6) is 1.05. The molecule has 102 valence electrons. The van der Waals surface area contributed by atoms with Crippen LogP contribution in [-0.4, -0.2) is 48.3 Å². The first-order chi connectivity index (χ1) is 8.04. The molecule has 3 heteroatoms. The Morgan fingerprint density at radius 1 is 1.41 bits per heavy atom. The van der Waals surface area contributed by atoms with Crippen LogP contribution >= 0.6 is 0 Å². The minimum atomic E-state index is -0.178. The van der Waals surface area contributed by atoms with E-state index in [9.17, 15) is 5.11 Å². The lowest BCUT2D eigenvalue weighted by atomic mass is 9.93. The first-order valence-corrected chi connectivity index (χ1v) is 7.18. The van der Waals surface area contributed by atoms with Gasteiger partial charge in [-0.2, -0.15) is 0 Å². The fourth-order valence-corrected chi connectivity index (χ4v) is 2.51. The fourth-order valence-electron chi connectivity index (χ4n) is 2.51. The van der Waals surface area contributed by atoms with Gasteiger partial charge < -0.3 is 15.3 Å². The minimum absolute atomic E-state index is 0.178. The molecule has 1 heterocycles. The highest BCUT2D eigenvalue weighted by molar-refractivity contribution is 4.83. The maximum Gasteiger partial charge on any atom is 0.0689 e. The standard InChI is InChI=1S/C14H30N2O/c1-5-7-15-13-6-8-16(9-12(13)4)10-14(17)11(2)3/h11-15,17H,5-10H2,1-4H3. The number of nitrogens with zero attached hydrogens (tertiary/aromatic N) is 1. The van der Waals surface area contributed by atoms with Crippen molar-refractivity contribution in [2.24, 2.45) is 11.8 Å². The van der Waals surface area contributed by atoms with Crippen molar-refractivity contribution < 1.29 is 5.11 Å². The number of likely N-dealkylation sites (tertiary alicyclic amines) is 1. The SMILES string of the molecule is CCCNC1CCN(CC(O)C(C)C)CC1C. The normalized spacial score (nSPS) is 28.6. The van der Waals surface area contributed by atoms with Crippen molar-refractivity contribution in [1.82, 2.24) is 10.2 Å². The number of β-amino-alcohol motifs (C(OH)–C–C–N with tert-alkyl or cyclic N) is 1. The molecule has 3 nitrogen and oxygen atoms in total. The molecule has 0 radical (unpaired) electrons. The van der Waals surface area contributed by atoms with Gasteiger partial charge in [0, 0.05) is 19.1 Å². The molecule has 17 heavy (non-hydrogen) atoms. The van der Waals surface area contributed by atoms with Gasteiger partial charge >= 0.3 is 0 Å². The fraction of sp³-hybridized carbons (Fsp3) is 1.00. The maximum absolute atomic E-state index is 9.91. The maximum atomic E-state index is 9.91. The Morgan fingerprint density at radius 2 is 2.12 bits per heavy atom. The quantitative estimate of drug-likeness (QED) is 0.744. The highest BCUT2D eigenvalue weighted by atomic mass is 16.3. The number of rotatable bonds is 6. The van der Waals surface area contributed by atoms with Gasteiger partial charge in [0.25, 0.3) is 0 Å². The molecule has 1 aliphatic rings. The monoisotopic (exact) mass is 242 g/mol. The Kier molecular flexibility index (Phi) is 6.45. The molecule has 0 bridgehead atoms. The van der Waals surface area contributed by atoms with Crippen molar-refractivity contribution >= 4 is 0 Å². The summed E-state index contributed by atoms with van der Waals surface area (Å²) in [7, 11) is 0. The summed E-state index contributed by atoms with van der Waals surface area (Å²) in [6, 6.07) is 0.669. The van der Waals surface area contributed by atoms with Crippen LogP contribution in [0.2, 0.25) is 0 Å². The average molecular weight is 242 g/mol. The second-order valence-corrected chi connectivity index (χ2v) is 5.90. The Hall–Kier alpha value is -0.120. The third kappa shape index (κ3) is 4.94. The second-order valence-electron chi connectivity index (χ2n) is 5.90. The van der Waals surface area contributed by atoms with Crippen LogP contribution in [-0.2, 0) is 0 Å². The van der Waals surface area contributed by atoms with Crippen molar-refractivity contribution in [3.63, 3.8) is 0 Å². The van der Waals surface area contributed by atoms with Crippen LogP contribution in [0.15, 0.2) is 0 Å². The Labute approximate surface area is 107 Å². The zero-order chi connectivity index (χ0) is 12.8. The molecular weight excluding hydrogens is 212 g/mol. The average Bonchev–Trinajstić information content (AvgIpc) is 2.28. The number of hydrogen-bond donors (Lipinski definition) is 2. The van der Waals surface area contributed by atoms with E-state index >= 15 is 0 Å². The van der Waals surface area contributed by atoms with E-state index in [-0.39, 0.29) is 6.10 Å². The van der Waals surface area contributed by atoms with E-state index in [1.54, 1.807) is 0 Å². The summed E-state index contributed by atoms with van der Waals surface area (Å²) in [4.78, 5) is 2.42. The zero-order valence-corrected chi connectivity index (χ0v) is 11.9. The van der Waals surface area contributed by atoms with E-state index in [0.29, 0.717) is 17.9 Å². The van der Waals surface area contributed by atoms with E-state index in [1.807, 2.05) is 0 Å². The molecule has 0 aromatic carbocycles. The lowest BCUT2D eigenvalue weighted by Crippen LogP contribution is -2.50. The molecule has 1 aliphatic heterocycles. The van der Waals surface area contributed by atoms with Crippen LogP contribution < -0.4 is 5.32 Å². The lowest BCUT2D eigenvalue weighted by molar-refractivity contribution is 0.0509. The Morgan fingerprint density at radius 3 is 2.65 bits per heavy atom. The molecular formula is C14H30N2O. The van der Waals surface area contributed by atoms with Crippen molar-refractivity contribution in [2.75, 3.05) is 26.2 Å². The number of hydrogen-bond acceptors (Lipinski definition) is 3. The summed E-state index contributed by atoms with van der Waals surface area (Å²) < 4.78 is 0. The predicted octanol–water partition coefficient (Wildman–Crippen LogP) is 1.71. The van der Waals surface area contributed by atoms with Crippen molar-refractivity contribution in [1.29, 1.82) is 0 Å². The minimum Gasteiger partial charge on any atom is -0.392 e. The van der Waals surface area contributed by atoms with Crippen LogP contribution in [0, 0.1) is 11.8 Å². The smallest absolute Gasteiger partial charge is 0.0689 e. The third-order valence-corrected chi connectivity index (χ3v) is 3.86. The highest BCUT2D eigenvalue weighted by Gasteiger charge is 2.26. The predicted molar refractivity (Wildman–Crippen MR) is 73.1 cm³/mol. The van der Waals surface area contributed by atoms with Gasteiger partial charge in [-0.25, -0.2) is 0 Å². The number of nitrogens with one attached hydrogen (secondary N) is 1. The van der Waals surface area contributed by atoms with E-state index in [2.05, 4.69) is 37.9 Å².